The zero-order valence-corrected chi connectivity index (χ0v) is 11.4. The van der Waals surface area contributed by atoms with Crippen LogP contribution in [0.3, 0.4) is 0 Å². The molecule has 4 heteroatoms. The van der Waals surface area contributed by atoms with Gasteiger partial charge in [0.1, 0.15) is 5.69 Å². The third-order valence-electron chi connectivity index (χ3n) is 2.42. The normalized spacial score (nSPS) is 10.0. The topological polar surface area (TPSA) is 41.5 Å². The van der Waals surface area contributed by atoms with Gasteiger partial charge in [-0.05, 0) is 82.7 Å². The lowest BCUT2D eigenvalue weighted by Gasteiger charge is -2.08. The Morgan fingerprint density at radius 1 is 1.06 bits per heavy atom. The molecule has 0 aromatic heterocycles. The Labute approximate surface area is 113 Å². The molecule has 0 heterocycles. The molecule has 0 saturated carbocycles. The molecular formula is C13H11IN2O. The molecular weight excluding hydrogens is 327 g/mol. The van der Waals surface area contributed by atoms with Gasteiger partial charge in [0.2, 0.25) is 0 Å². The number of hydrogen-bond acceptors (Lipinski definition) is 3. The lowest BCUT2D eigenvalue weighted by Crippen LogP contribution is -1.91. The van der Waals surface area contributed by atoms with E-state index in [4.69, 9.17) is 0 Å². The van der Waals surface area contributed by atoms with Crippen LogP contribution in [0.4, 0.5) is 17.1 Å². The molecule has 17 heavy (non-hydrogen) atoms. The molecule has 3 nitrogen and oxygen atoms in total. The van der Waals surface area contributed by atoms with Crippen molar-refractivity contribution in [3.63, 3.8) is 0 Å². The van der Waals surface area contributed by atoms with E-state index in [0.717, 1.165) is 11.4 Å². The molecule has 0 fully saturated rings. The molecule has 0 spiro atoms. The minimum atomic E-state index is 0.439. The van der Waals surface area contributed by atoms with Gasteiger partial charge in [-0.15, -0.1) is 4.91 Å². The molecule has 0 bridgehead atoms. The van der Waals surface area contributed by atoms with E-state index in [0.29, 0.717) is 5.69 Å². The first-order valence-electron chi connectivity index (χ1n) is 5.15. The van der Waals surface area contributed by atoms with Crippen LogP contribution in [0.5, 0.6) is 0 Å². The number of aryl methyl sites for hydroxylation is 1. The van der Waals surface area contributed by atoms with Gasteiger partial charge in [0, 0.05) is 14.9 Å². The molecule has 0 unspecified atom stereocenters. The smallest absolute Gasteiger partial charge is 0.108 e. The molecule has 0 atom stereocenters. The molecule has 0 aliphatic heterocycles. The van der Waals surface area contributed by atoms with Gasteiger partial charge < -0.3 is 5.32 Å². The number of nitroso groups, excluding NO2 is 1. The summed E-state index contributed by atoms with van der Waals surface area (Å²) in [5.41, 5.74) is 3.66. The quantitative estimate of drug-likeness (QED) is 0.649. The van der Waals surface area contributed by atoms with Crippen molar-refractivity contribution in [2.75, 3.05) is 5.32 Å². The van der Waals surface area contributed by atoms with Crippen LogP contribution in [-0.2, 0) is 0 Å². The predicted octanol–water partition coefficient (Wildman–Crippen LogP) is 4.74. The second-order valence-corrected chi connectivity index (χ2v) is 4.89. The van der Waals surface area contributed by atoms with Crippen molar-refractivity contribution >= 4 is 39.7 Å². The number of halogens is 1. The maximum Gasteiger partial charge on any atom is 0.108 e. The molecule has 0 radical (unpaired) electrons. The summed E-state index contributed by atoms with van der Waals surface area (Å²) in [5, 5.41) is 6.14. The van der Waals surface area contributed by atoms with E-state index >= 15 is 0 Å². The lowest BCUT2D eigenvalue weighted by atomic mass is 10.2. The second kappa shape index (κ2) is 5.27. The fraction of sp³-hybridized carbons (Fsp3) is 0.0769. The van der Waals surface area contributed by atoms with E-state index in [1.54, 1.807) is 12.1 Å². The first-order chi connectivity index (χ1) is 8.19. The Bertz CT molecular complexity index is 538. The summed E-state index contributed by atoms with van der Waals surface area (Å²) >= 11 is 2.31. The molecule has 0 saturated heterocycles. The Morgan fingerprint density at radius 2 is 1.71 bits per heavy atom. The molecule has 0 amide bonds. The van der Waals surface area contributed by atoms with E-state index in [1.165, 1.54) is 9.13 Å². The Balaban J connectivity index is 2.19. The van der Waals surface area contributed by atoms with Gasteiger partial charge in [-0.2, -0.15) is 0 Å². The van der Waals surface area contributed by atoms with Gasteiger partial charge >= 0.3 is 0 Å². The maximum atomic E-state index is 10.3. The summed E-state index contributed by atoms with van der Waals surface area (Å²) in [6, 6.07) is 13.2. The fourth-order valence-electron chi connectivity index (χ4n) is 1.49. The van der Waals surface area contributed by atoms with Crippen molar-refractivity contribution in [2.24, 2.45) is 5.18 Å². The van der Waals surface area contributed by atoms with Crippen molar-refractivity contribution < 1.29 is 0 Å². The van der Waals surface area contributed by atoms with Crippen molar-refractivity contribution in [1.82, 2.24) is 0 Å². The van der Waals surface area contributed by atoms with Gasteiger partial charge in [-0.1, -0.05) is 0 Å². The van der Waals surface area contributed by atoms with Gasteiger partial charge in [0.25, 0.3) is 0 Å². The fourth-order valence-corrected chi connectivity index (χ4v) is 1.83. The van der Waals surface area contributed by atoms with E-state index in [1.807, 2.05) is 18.2 Å². The summed E-state index contributed by atoms with van der Waals surface area (Å²) in [5.74, 6) is 0. The van der Waals surface area contributed by atoms with Crippen LogP contribution in [0, 0.1) is 15.4 Å². The third-order valence-corrected chi connectivity index (χ3v) is 3.63. The highest BCUT2D eigenvalue weighted by molar-refractivity contribution is 14.1. The monoisotopic (exact) mass is 338 g/mol. The predicted molar refractivity (Wildman–Crippen MR) is 79.1 cm³/mol. The standard InChI is InChI=1S/C13H11IN2O/c1-9-8-12(6-7-13(9)14)15-10-2-4-11(16-17)5-3-10/h2-8,15H,1H3. The number of nitrogens with zero attached hydrogens (tertiary/aromatic N) is 1. The Kier molecular flexibility index (Phi) is 3.73. The van der Waals surface area contributed by atoms with Crippen LogP contribution in [0.1, 0.15) is 5.56 Å². The minimum Gasteiger partial charge on any atom is -0.356 e. The van der Waals surface area contributed by atoms with E-state index in [9.17, 15) is 4.91 Å². The minimum absolute atomic E-state index is 0.439. The molecule has 0 aliphatic rings. The van der Waals surface area contributed by atoms with Crippen LogP contribution >= 0.6 is 22.6 Å². The summed E-state index contributed by atoms with van der Waals surface area (Å²) in [6.07, 6.45) is 0. The maximum absolute atomic E-state index is 10.3. The van der Waals surface area contributed by atoms with Crippen LogP contribution in [0.2, 0.25) is 0 Å². The van der Waals surface area contributed by atoms with Crippen molar-refractivity contribution in [1.29, 1.82) is 0 Å². The van der Waals surface area contributed by atoms with E-state index < -0.39 is 0 Å². The molecule has 0 aliphatic carbocycles. The summed E-state index contributed by atoms with van der Waals surface area (Å²) < 4.78 is 1.24. The highest BCUT2D eigenvalue weighted by Gasteiger charge is 1.98. The second-order valence-electron chi connectivity index (χ2n) is 3.73. The van der Waals surface area contributed by atoms with Crippen molar-refractivity contribution in [3.8, 4) is 0 Å². The zero-order chi connectivity index (χ0) is 12.3. The summed E-state index contributed by atoms with van der Waals surface area (Å²) in [7, 11) is 0. The first kappa shape index (κ1) is 12.0. The SMILES string of the molecule is Cc1cc(Nc2ccc(N=O)cc2)ccc1I. The molecule has 2 aromatic rings. The van der Waals surface area contributed by atoms with Gasteiger partial charge in [-0.3, -0.25) is 0 Å². The molecule has 2 aromatic carbocycles. The van der Waals surface area contributed by atoms with Crippen LogP contribution < -0.4 is 5.32 Å². The van der Waals surface area contributed by atoms with Gasteiger partial charge in [0.05, 0.1) is 0 Å². The average molecular weight is 338 g/mol. The van der Waals surface area contributed by atoms with Crippen LogP contribution in [0.15, 0.2) is 47.6 Å². The number of benzene rings is 2. The molecule has 2 rings (SSSR count). The highest BCUT2D eigenvalue weighted by Crippen LogP contribution is 2.22. The largest absolute Gasteiger partial charge is 0.356 e. The van der Waals surface area contributed by atoms with Crippen molar-refractivity contribution in [2.45, 2.75) is 6.92 Å². The summed E-state index contributed by atoms with van der Waals surface area (Å²) in [4.78, 5) is 10.3. The van der Waals surface area contributed by atoms with Crippen molar-refractivity contribution in [3.05, 3.63) is 56.5 Å². The van der Waals surface area contributed by atoms with E-state index in [2.05, 4.69) is 52.1 Å². The van der Waals surface area contributed by atoms with Gasteiger partial charge in [-0.25, -0.2) is 0 Å². The average Bonchev–Trinajstić information content (AvgIpc) is 2.35. The highest BCUT2D eigenvalue weighted by atomic mass is 127. The lowest BCUT2D eigenvalue weighted by molar-refractivity contribution is 1.41. The first-order valence-corrected chi connectivity index (χ1v) is 6.23. The zero-order valence-electron chi connectivity index (χ0n) is 9.27. The Hall–Kier alpha value is -1.43. The third kappa shape index (κ3) is 3.03. The van der Waals surface area contributed by atoms with E-state index in [-0.39, 0.29) is 0 Å². The Morgan fingerprint density at radius 3 is 2.29 bits per heavy atom. The number of rotatable bonds is 3. The van der Waals surface area contributed by atoms with Gasteiger partial charge in [0.15, 0.2) is 0 Å². The van der Waals surface area contributed by atoms with Crippen LogP contribution in [0.25, 0.3) is 0 Å². The number of anilines is 2. The number of hydrogen-bond donors (Lipinski definition) is 1. The summed E-state index contributed by atoms with van der Waals surface area (Å²) in [6.45, 7) is 2.08. The number of nitrogens with one attached hydrogen (secondary N) is 1. The molecule has 86 valence electrons. The van der Waals surface area contributed by atoms with Crippen LogP contribution in [-0.4, -0.2) is 0 Å². The molecule has 1 N–H and O–H groups in total.